The lowest BCUT2D eigenvalue weighted by Crippen LogP contribution is -2.18. The highest BCUT2D eigenvalue weighted by atomic mass is 16.5. The Morgan fingerprint density at radius 3 is 2.68 bits per heavy atom. The summed E-state index contributed by atoms with van der Waals surface area (Å²) in [5.74, 6) is 0.958. The number of aryl methyl sites for hydroxylation is 1. The number of anilines is 1. The molecule has 3 rings (SSSR count). The van der Waals surface area contributed by atoms with E-state index in [2.05, 4.69) is 43.9 Å². The van der Waals surface area contributed by atoms with Crippen molar-refractivity contribution in [1.82, 2.24) is 4.57 Å². The maximum atomic E-state index is 13.3. The summed E-state index contributed by atoms with van der Waals surface area (Å²) in [6, 6.07) is 13.9. The van der Waals surface area contributed by atoms with Crippen LogP contribution in [0, 0.1) is 6.92 Å². The molecule has 0 saturated heterocycles. The number of nitrogens with one attached hydrogen (secondary N) is 1. The van der Waals surface area contributed by atoms with Crippen LogP contribution >= 0.6 is 0 Å². The van der Waals surface area contributed by atoms with Crippen molar-refractivity contribution in [2.24, 2.45) is 0 Å². The van der Waals surface area contributed by atoms with E-state index in [1.807, 2.05) is 48.8 Å². The normalized spacial score (nSPS) is 11.0. The first kappa shape index (κ1) is 19.7. The van der Waals surface area contributed by atoms with Gasteiger partial charge in [0, 0.05) is 17.4 Å². The highest BCUT2D eigenvalue weighted by Gasteiger charge is 2.21. The van der Waals surface area contributed by atoms with Gasteiger partial charge in [-0.05, 0) is 55.2 Å². The molecular formula is C24H28N2O2. The van der Waals surface area contributed by atoms with Gasteiger partial charge in [-0.2, -0.15) is 0 Å². The quantitative estimate of drug-likeness (QED) is 0.521. The predicted octanol–water partition coefficient (Wildman–Crippen LogP) is 5.91. The Hall–Kier alpha value is -3.01. The molecule has 1 N–H and O–H groups in total. The molecular weight excluding hydrogens is 348 g/mol. The van der Waals surface area contributed by atoms with E-state index in [0.717, 1.165) is 16.5 Å². The molecule has 3 aromatic rings. The maximum Gasteiger partial charge on any atom is 0.272 e. The predicted molar refractivity (Wildman–Crippen MR) is 117 cm³/mol. The third-order valence-corrected chi connectivity index (χ3v) is 4.97. The second-order valence-corrected chi connectivity index (χ2v) is 7.19. The maximum absolute atomic E-state index is 13.3. The number of hydrogen-bond donors (Lipinski definition) is 1. The van der Waals surface area contributed by atoms with E-state index in [-0.39, 0.29) is 5.91 Å². The molecule has 2 aromatic carbocycles. The van der Waals surface area contributed by atoms with Gasteiger partial charge in [0.1, 0.15) is 11.4 Å². The number of carbonyl (C=O) groups is 1. The second kappa shape index (κ2) is 8.34. The topological polar surface area (TPSA) is 43.3 Å². The van der Waals surface area contributed by atoms with Crippen LogP contribution in [0.3, 0.4) is 0 Å². The van der Waals surface area contributed by atoms with Crippen LogP contribution < -0.4 is 10.1 Å². The molecule has 0 radical (unpaired) electrons. The largest absolute Gasteiger partial charge is 0.492 e. The van der Waals surface area contributed by atoms with Crippen LogP contribution in [0.4, 0.5) is 5.69 Å². The molecule has 0 aliphatic heterocycles. The van der Waals surface area contributed by atoms with Crippen LogP contribution in [-0.4, -0.2) is 17.1 Å². The van der Waals surface area contributed by atoms with Gasteiger partial charge in [-0.15, -0.1) is 6.58 Å². The number of hydrogen-bond acceptors (Lipinski definition) is 2. The van der Waals surface area contributed by atoms with Crippen LogP contribution in [0.5, 0.6) is 5.75 Å². The molecule has 0 aliphatic rings. The first-order chi connectivity index (χ1) is 13.5. The van der Waals surface area contributed by atoms with Crippen molar-refractivity contribution in [3.8, 4) is 5.75 Å². The van der Waals surface area contributed by atoms with Crippen molar-refractivity contribution in [3.05, 3.63) is 71.9 Å². The molecule has 28 heavy (non-hydrogen) atoms. The Balaban J connectivity index is 2.08. The number of nitrogens with zero attached hydrogens (tertiary/aromatic N) is 1. The van der Waals surface area contributed by atoms with E-state index < -0.39 is 0 Å². The summed E-state index contributed by atoms with van der Waals surface area (Å²) >= 11 is 0. The minimum absolute atomic E-state index is 0.145. The molecule has 1 aromatic heterocycles. The molecule has 1 amide bonds. The standard InChI is InChI=1S/C24H28N2O2/c1-6-14-26-21-13-12-18(16(3)4)15-19(21)17(5)23(26)24(27)25-20-10-8-9-11-22(20)28-7-2/h6,8-13,15-16H,1,7,14H2,2-5H3,(H,25,27). The Bertz CT molecular complexity index is 1010. The van der Waals surface area contributed by atoms with Gasteiger partial charge in [0.25, 0.3) is 5.91 Å². The third-order valence-electron chi connectivity index (χ3n) is 4.97. The van der Waals surface area contributed by atoms with Crippen molar-refractivity contribution in [2.45, 2.75) is 40.2 Å². The molecule has 0 fully saturated rings. The smallest absolute Gasteiger partial charge is 0.272 e. The minimum atomic E-state index is -0.145. The number of aromatic nitrogens is 1. The number of carbonyl (C=O) groups excluding carboxylic acids is 1. The lowest BCUT2D eigenvalue weighted by atomic mass is 10.0. The number of fused-ring (bicyclic) bond motifs is 1. The number of amides is 1. The van der Waals surface area contributed by atoms with Gasteiger partial charge in [-0.1, -0.05) is 38.1 Å². The zero-order valence-electron chi connectivity index (χ0n) is 17.1. The summed E-state index contributed by atoms with van der Waals surface area (Å²) in [5.41, 5.74) is 4.62. The summed E-state index contributed by atoms with van der Waals surface area (Å²) in [4.78, 5) is 13.3. The van der Waals surface area contributed by atoms with Crippen LogP contribution in [0.25, 0.3) is 10.9 Å². The Morgan fingerprint density at radius 1 is 1.25 bits per heavy atom. The Kier molecular flexibility index (Phi) is 5.88. The van der Waals surface area contributed by atoms with Gasteiger partial charge in [0.05, 0.1) is 12.3 Å². The number of allylic oxidation sites excluding steroid dienone is 1. The van der Waals surface area contributed by atoms with Crippen LogP contribution in [0.15, 0.2) is 55.1 Å². The lowest BCUT2D eigenvalue weighted by molar-refractivity contribution is 0.101. The van der Waals surface area contributed by atoms with Crippen molar-refractivity contribution >= 4 is 22.5 Å². The first-order valence-electron chi connectivity index (χ1n) is 9.74. The van der Waals surface area contributed by atoms with Crippen molar-refractivity contribution in [2.75, 3.05) is 11.9 Å². The Labute approximate surface area is 166 Å². The fourth-order valence-corrected chi connectivity index (χ4v) is 3.54. The highest BCUT2D eigenvalue weighted by molar-refractivity contribution is 6.09. The van der Waals surface area contributed by atoms with E-state index in [1.54, 1.807) is 0 Å². The lowest BCUT2D eigenvalue weighted by Gasteiger charge is -2.13. The molecule has 0 aliphatic carbocycles. The number of rotatable bonds is 7. The summed E-state index contributed by atoms with van der Waals surface area (Å²) in [6.07, 6.45) is 1.82. The average molecular weight is 377 g/mol. The van der Waals surface area contributed by atoms with E-state index in [4.69, 9.17) is 4.74 Å². The van der Waals surface area contributed by atoms with E-state index in [0.29, 0.717) is 36.2 Å². The molecule has 4 nitrogen and oxygen atoms in total. The van der Waals surface area contributed by atoms with Gasteiger partial charge < -0.3 is 14.6 Å². The van der Waals surface area contributed by atoms with Gasteiger partial charge in [-0.25, -0.2) is 0 Å². The monoisotopic (exact) mass is 376 g/mol. The van der Waals surface area contributed by atoms with Gasteiger partial charge in [-0.3, -0.25) is 4.79 Å². The second-order valence-electron chi connectivity index (χ2n) is 7.19. The molecule has 4 heteroatoms. The van der Waals surface area contributed by atoms with Gasteiger partial charge in [0.15, 0.2) is 0 Å². The molecule has 0 saturated carbocycles. The minimum Gasteiger partial charge on any atom is -0.492 e. The third kappa shape index (κ3) is 3.68. The number of benzene rings is 2. The molecule has 0 spiro atoms. The van der Waals surface area contributed by atoms with Crippen molar-refractivity contribution < 1.29 is 9.53 Å². The van der Waals surface area contributed by atoms with Gasteiger partial charge in [0.2, 0.25) is 0 Å². The SMILES string of the molecule is C=CCn1c(C(=O)Nc2ccccc2OCC)c(C)c2cc(C(C)C)ccc21. The van der Waals surface area contributed by atoms with E-state index in [1.165, 1.54) is 5.56 Å². The first-order valence-corrected chi connectivity index (χ1v) is 9.74. The van der Waals surface area contributed by atoms with Crippen LogP contribution in [0.1, 0.15) is 48.3 Å². The summed E-state index contributed by atoms with van der Waals surface area (Å²) in [7, 11) is 0. The molecule has 0 atom stereocenters. The number of para-hydroxylation sites is 2. The molecule has 0 unspecified atom stereocenters. The zero-order chi connectivity index (χ0) is 20.3. The fraction of sp³-hybridized carbons (Fsp3) is 0.292. The van der Waals surface area contributed by atoms with Crippen molar-refractivity contribution in [1.29, 1.82) is 0 Å². The Morgan fingerprint density at radius 2 is 2.00 bits per heavy atom. The van der Waals surface area contributed by atoms with E-state index in [9.17, 15) is 4.79 Å². The molecule has 0 bridgehead atoms. The molecule has 1 heterocycles. The summed E-state index contributed by atoms with van der Waals surface area (Å²) in [6.45, 7) is 13.3. The zero-order valence-corrected chi connectivity index (χ0v) is 17.1. The highest BCUT2D eigenvalue weighted by Crippen LogP contribution is 2.31. The fourth-order valence-electron chi connectivity index (χ4n) is 3.54. The van der Waals surface area contributed by atoms with Crippen LogP contribution in [0.2, 0.25) is 0 Å². The van der Waals surface area contributed by atoms with E-state index >= 15 is 0 Å². The summed E-state index contributed by atoms with van der Waals surface area (Å²) in [5, 5.41) is 4.14. The average Bonchev–Trinajstić information content (AvgIpc) is 2.95. The van der Waals surface area contributed by atoms with Crippen molar-refractivity contribution in [3.63, 3.8) is 0 Å². The number of ether oxygens (including phenoxy) is 1. The molecule has 146 valence electrons. The summed E-state index contributed by atoms with van der Waals surface area (Å²) < 4.78 is 7.67. The van der Waals surface area contributed by atoms with Gasteiger partial charge >= 0.3 is 0 Å². The van der Waals surface area contributed by atoms with Crippen LogP contribution in [-0.2, 0) is 6.54 Å².